The fraction of sp³-hybridized carbons (Fsp3) is 0.579. The van der Waals surface area contributed by atoms with Crippen molar-refractivity contribution in [2.24, 2.45) is 4.99 Å². The van der Waals surface area contributed by atoms with Gasteiger partial charge in [-0.2, -0.15) is 0 Å². The quantitative estimate of drug-likeness (QED) is 0.327. The molecule has 0 bridgehead atoms. The minimum absolute atomic E-state index is 0. The lowest BCUT2D eigenvalue weighted by molar-refractivity contribution is -0.127. The van der Waals surface area contributed by atoms with Crippen molar-refractivity contribution in [1.82, 2.24) is 15.5 Å². The molecule has 1 rings (SSSR count). The van der Waals surface area contributed by atoms with E-state index in [1.54, 1.807) is 26.1 Å². The Labute approximate surface area is 174 Å². The number of nitrogens with zero attached hydrogens (tertiary/aromatic N) is 2. The molecule has 0 saturated carbocycles. The zero-order valence-corrected chi connectivity index (χ0v) is 18.9. The molecular weight excluding hydrogens is 443 g/mol. The van der Waals surface area contributed by atoms with Crippen molar-refractivity contribution in [3.63, 3.8) is 0 Å². The first-order chi connectivity index (χ1) is 12.0. The fourth-order valence-electron chi connectivity index (χ4n) is 2.21. The Morgan fingerprint density at radius 3 is 2.35 bits per heavy atom. The molecule has 0 heterocycles. The number of carbonyl (C=O) groups is 1. The Bertz CT molecular complexity index is 547. The van der Waals surface area contributed by atoms with Crippen LogP contribution in [0.15, 0.2) is 29.3 Å². The molecule has 1 unspecified atom stereocenters. The van der Waals surface area contributed by atoms with Crippen LogP contribution in [0.4, 0.5) is 0 Å². The summed E-state index contributed by atoms with van der Waals surface area (Å²) in [5.41, 5.74) is 1.28. The number of rotatable bonds is 9. The SMILES string of the molecule is CCCNC(=NCC(=O)N(C)C)NCCC(C)c1ccc(OC)cc1.I. The molecule has 1 atom stereocenters. The molecule has 0 fully saturated rings. The van der Waals surface area contributed by atoms with E-state index in [0.717, 1.165) is 31.7 Å². The van der Waals surface area contributed by atoms with Gasteiger partial charge in [-0.3, -0.25) is 4.79 Å². The number of hydrogen-bond donors (Lipinski definition) is 2. The van der Waals surface area contributed by atoms with Gasteiger partial charge in [-0.25, -0.2) is 4.99 Å². The molecule has 1 amide bonds. The predicted molar refractivity (Wildman–Crippen MR) is 119 cm³/mol. The highest BCUT2D eigenvalue weighted by Gasteiger charge is 2.07. The second-order valence-electron chi connectivity index (χ2n) is 6.27. The largest absolute Gasteiger partial charge is 0.497 e. The number of methoxy groups -OCH3 is 1. The van der Waals surface area contributed by atoms with Gasteiger partial charge in [-0.1, -0.05) is 26.0 Å². The summed E-state index contributed by atoms with van der Waals surface area (Å²) in [6.45, 7) is 6.08. The number of nitrogens with one attached hydrogen (secondary N) is 2. The first-order valence-electron chi connectivity index (χ1n) is 8.84. The van der Waals surface area contributed by atoms with Crippen molar-refractivity contribution in [2.45, 2.75) is 32.6 Å². The van der Waals surface area contributed by atoms with E-state index in [2.05, 4.69) is 41.6 Å². The average Bonchev–Trinajstić information content (AvgIpc) is 2.62. The summed E-state index contributed by atoms with van der Waals surface area (Å²) in [6, 6.07) is 8.18. The van der Waals surface area contributed by atoms with Crippen molar-refractivity contribution in [3.8, 4) is 5.75 Å². The molecule has 26 heavy (non-hydrogen) atoms. The van der Waals surface area contributed by atoms with Gasteiger partial charge in [0.25, 0.3) is 0 Å². The normalized spacial score (nSPS) is 12.0. The molecule has 2 N–H and O–H groups in total. The molecule has 7 heteroatoms. The molecule has 148 valence electrons. The van der Waals surface area contributed by atoms with Gasteiger partial charge in [0.15, 0.2) is 5.96 Å². The summed E-state index contributed by atoms with van der Waals surface area (Å²) in [6.07, 6.45) is 1.98. The van der Waals surface area contributed by atoms with E-state index in [1.165, 1.54) is 5.56 Å². The Morgan fingerprint density at radius 2 is 1.81 bits per heavy atom. The molecule has 0 spiro atoms. The molecule has 0 aliphatic heterocycles. The van der Waals surface area contributed by atoms with Crippen molar-refractivity contribution in [2.75, 3.05) is 40.8 Å². The average molecular weight is 476 g/mol. The van der Waals surface area contributed by atoms with Gasteiger partial charge in [0, 0.05) is 27.2 Å². The zero-order valence-electron chi connectivity index (χ0n) is 16.5. The molecule has 0 aliphatic carbocycles. The second-order valence-corrected chi connectivity index (χ2v) is 6.27. The topological polar surface area (TPSA) is 66.0 Å². The molecule has 1 aromatic carbocycles. The minimum Gasteiger partial charge on any atom is -0.497 e. The van der Waals surface area contributed by atoms with E-state index in [4.69, 9.17) is 4.74 Å². The fourth-order valence-corrected chi connectivity index (χ4v) is 2.21. The number of amides is 1. The van der Waals surface area contributed by atoms with E-state index in [1.807, 2.05) is 12.1 Å². The van der Waals surface area contributed by atoms with E-state index < -0.39 is 0 Å². The molecule has 0 aliphatic rings. The number of halogens is 1. The van der Waals surface area contributed by atoms with Gasteiger partial charge >= 0.3 is 0 Å². The molecule has 0 radical (unpaired) electrons. The van der Waals surface area contributed by atoms with Crippen molar-refractivity contribution in [3.05, 3.63) is 29.8 Å². The van der Waals surface area contributed by atoms with Crippen LogP contribution < -0.4 is 15.4 Å². The Hall–Kier alpha value is -1.51. The highest BCUT2D eigenvalue weighted by atomic mass is 127. The smallest absolute Gasteiger partial charge is 0.243 e. The number of likely N-dealkylation sites (N-methyl/N-ethyl adjacent to an activating group) is 1. The number of hydrogen-bond acceptors (Lipinski definition) is 3. The molecular formula is C19H33IN4O2. The first kappa shape index (κ1) is 24.5. The van der Waals surface area contributed by atoms with Gasteiger partial charge in [-0.15, -0.1) is 24.0 Å². The highest BCUT2D eigenvalue weighted by Crippen LogP contribution is 2.21. The standard InChI is InChI=1S/C19H32N4O2.HI/c1-6-12-20-19(22-14-18(24)23(3)4)21-13-11-15(2)16-7-9-17(25-5)10-8-16;/h7-10,15H,6,11-14H2,1-5H3,(H2,20,21,22);1H. The maximum Gasteiger partial charge on any atom is 0.243 e. The van der Waals surface area contributed by atoms with Crippen molar-refractivity contribution >= 4 is 35.8 Å². The van der Waals surface area contributed by atoms with E-state index in [-0.39, 0.29) is 36.4 Å². The van der Waals surface area contributed by atoms with Gasteiger partial charge in [-0.05, 0) is 36.5 Å². The van der Waals surface area contributed by atoms with Gasteiger partial charge in [0.05, 0.1) is 7.11 Å². The minimum atomic E-state index is -0.0100. The zero-order chi connectivity index (χ0) is 18.7. The van der Waals surface area contributed by atoms with Crippen LogP contribution in [0.3, 0.4) is 0 Å². The maximum atomic E-state index is 11.7. The van der Waals surface area contributed by atoms with Crippen molar-refractivity contribution in [1.29, 1.82) is 0 Å². The monoisotopic (exact) mass is 476 g/mol. The van der Waals surface area contributed by atoms with Gasteiger partial charge in [0.2, 0.25) is 5.91 Å². The number of ether oxygens (including phenoxy) is 1. The molecule has 1 aromatic rings. The highest BCUT2D eigenvalue weighted by molar-refractivity contribution is 14.0. The molecule has 0 saturated heterocycles. The molecule has 6 nitrogen and oxygen atoms in total. The first-order valence-corrected chi connectivity index (χ1v) is 8.84. The van der Waals surface area contributed by atoms with Crippen LogP contribution >= 0.6 is 24.0 Å². The van der Waals surface area contributed by atoms with Crippen LogP contribution in [-0.4, -0.2) is 57.6 Å². The van der Waals surface area contributed by atoms with E-state index >= 15 is 0 Å². The number of benzene rings is 1. The summed E-state index contributed by atoms with van der Waals surface area (Å²) in [5, 5.41) is 6.56. The van der Waals surface area contributed by atoms with E-state index in [0.29, 0.717) is 11.9 Å². The number of aliphatic imine (C=N–C) groups is 1. The summed E-state index contributed by atoms with van der Waals surface area (Å²) >= 11 is 0. The lowest BCUT2D eigenvalue weighted by Crippen LogP contribution is -2.39. The van der Waals surface area contributed by atoms with Crippen molar-refractivity contribution < 1.29 is 9.53 Å². The third kappa shape index (κ3) is 9.26. The second kappa shape index (κ2) is 13.7. The third-order valence-corrected chi connectivity index (χ3v) is 3.97. The van der Waals surface area contributed by atoms with Crippen LogP contribution in [0, 0.1) is 0 Å². The van der Waals surface area contributed by atoms with Crippen LogP contribution in [-0.2, 0) is 4.79 Å². The van der Waals surface area contributed by atoms with Crippen LogP contribution in [0.5, 0.6) is 5.75 Å². The summed E-state index contributed by atoms with van der Waals surface area (Å²) in [5.74, 6) is 1.98. The lowest BCUT2D eigenvalue weighted by Gasteiger charge is -2.16. The van der Waals surface area contributed by atoms with Crippen LogP contribution in [0.2, 0.25) is 0 Å². The maximum absolute atomic E-state index is 11.7. The predicted octanol–water partition coefficient (Wildman–Crippen LogP) is 2.84. The lowest BCUT2D eigenvalue weighted by atomic mass is 9.98. The third-order valence-electron chi connectivity index (χ3n) is 3.97. The van der Waals surface area contributed by atoms with Crippen LogP contribution in [0.1, 0.15) is 38.2 Å². The van der Waals surface area contributed by atoms with E-state index in [9.17, 15) is 4.79 Å². The number of guanidine groups is 1. The Morgan fingerprint density at radius 1 is 1.19 bits per heavy atom. The Balaban J connectivity index is 0.00000625. The summed E-state index contributed by atoms with van der Waals surface area (Å²) in [7, 11) is 5.15. The van der Waals surface area contributed by atoms with Gasteiger partial charge in [0.1, 0.15) is 12.3 Å². The Kier molecular flexibility index (Phi) is 12.9. The summed E-state index contributed by atoms with van der Waals surface area (Å²) in [4.78, 5) is 17.6. The summed E-state index contributed by atoms with van der Waals surface area (Å²) < 4.78 is 5.19. The van der Waals surface area contributed by atoms with Gasteiger partial charge < -0.3 is 20.3 Å². The molecule has 0 aromatic heterocycles. The number of carbonyl (C=O) groups excluding carboxylic acids is 1. The van der Waals surface area contributed by atoms with Crippen LogP contribution in [0.25, 0.3) is 0 Å².